The standard InChI is InChI=1S/C15H19N3S2/c1-16-15-17-14(11-19-15)12-5-7-13(8-6-12)20-18-9-3-2-4-10-18/h5-8,11H,2-4,9-10H2,1H3,(H,16,17). The fourth-order valence-corrected chi connectivity index (χ4v) is 3.99. The van der Waals surface area contributed by atoms with Crippen molar-refractivity contribution in [2.75, 3.05) is 25.5 Å². The molecular formula is C15H19N3S2. The van der Waals surface area contributed by atoms with Crippen LogP contribution in [0.15, 0.2) is 34.5 Å². The molecule has 5 heteroatoms. The Labute approximate surface area is 128 Å². The van der Waals surface area contributed by atoms with Crippen LogP contribution in [0.25, 0.3) is 11.3 Å². The van der Waals surface area contributed by atoms with Crippen molar-refractivity contribution in [2.24, 2.45) is 0 Å². The molecule has 20 heavy (non-hydrogen) atoms. The van der Waals surface area contributed by atoms with Crippen molar-refractivity contribution in [3.63, 3.8) is 0 Å². The van der Waals surface area contributed by atoms with E-state index in [1.54, 1.807) is 11.3 Å². The Morgan fingerprint density at radius 1 is 1.15 bits per heavy atom. The average Bonchev–Trinajstić information content (AvgIpc) is 2.98. The molecule has 3 nitrogen and oxygen atoms in total. The highest BCUT2D eigenvalue weighted by Crippen LogP contribution is 2.29. The van der Waals surface area contributed by atoms with Crippen molar-refractivity contribution in [1.82, 2.24) is 9.29 Å². The van der Waals surface area contributed by atoms with Gasteiger partial charge in [0.05, 0.1) is 5.69 Å². The number of nitrogens with zero attached hydrogens (tertiary/aromatic N) is 2. The Morgan fingerprint density at radius 3 is 2.55 bits per heavy atom. The summed E-state index contributed by atoms with van der Waals surface area (Å²) in [6.07, 6.45) is 4.04. The monoisotopic (exact) mass is 305 g/mol. The minimum absolute atomic E-state index is 0.965. The second-order valence-electron chi connectivity index (χ2n) is 4.89. The van der Waals surface area contributed by atoms with Gasteiger partial charge in [0, 0.05) is 36.0 Å². The van der Waals surface area contributed by atoms with E-state index < -0.39 is 0 Å². The SMILES string of the molecule is CNc1nc(-c2ccc(SN3CCCCC3)cc2)cs1. The number of nitrogens with one attached hydrogen (secondary N) is 1. The van der Waals surface area contributed by atoms with Gasteiger partial charge in [-0.3, -0.25) is 0 Å². The molecule has 2 aromatic rings. The normalized spacial score (nSPS) is 16.2. The summed E-state index contributed by atoms with van der Waals surface area (Å²) in [6, 6.07) is 8.74. The first-order chi connectivity index (χ1) is 9.85. The highest BCUT2D eigenvalue weighted by molar-refractivity contribution is 7.97. The van der Waals surface area contributed by atoms with Gasteiger partial charge in [-0.2, -0.15) is 0 Å². The third-order valence-electron chi connectivity index (χ3n) is 3.42. The van der Waals surface area contributed by atoms with E-state index in [0.717, 1.165) is 10.8 Å². The van der Waals surface area contributed by atoms with Crippen molar-refractivity contribution in [1.29, 1.82) is 0 Å². The molecule has 0 saturated carbocycles. The van der Waals surface area contributed by atoms with Crippen molar-refractivity contribution in [3.8, 4) is 11.3 Å². The lowest BCUT2D eigenvalue weighted by Crippen LogP contribution is -2.22. The lowest BCUT2D eigenvalue weighted by molar-refractivity contribution is 0.380. The summed E-state index contributed by atoms with van der Waals surface area (Å²) in [4.78, 5) is 5.85. The third kappa shape index (κ3) is 3.34. The minimum atomic E-state index is 0.965. The van der Waals surface area contributed by atoms with Crippen LogP contribution < -0.4 is 5.32 Å². The van der Waals surface area contributed by atoms with Crippen LogP contribution in [-0.2, 0) is 0 Å². The lowest BCUT2D eigenvalue weighted by atomic mass is 10.2. The Hall–Kier alpha value is -1.04. The maximum Gasteiger partial charge on any atom is 0.182 e. The Kier molecular flexibility index (Phi) is 4.60. The van der Waals surface area contributed by atoms with E-state index in [2.05, 4.69) is 44.3 Å². The van der Waals surface area contributed by atoms with Crippen LogP contribution in [0.2, 0.25) is 0 Å². The molecule has 106 valence electrons. The van der Waals surface area contributed by atoms with Gasteiger partial charge in [-0.05, 0) is 36.9 Å². The summed E-state index contributed by atoms with van der Waals surface area (Å²) in [5.74, 6) is 0. The molecule has 1 aromatic carbocycles. The summed E-state index contributed by atoms with van der Waals surface area (Å²) >= 11 is 3.52. The lowest BCUT2D eigenvalue weighted by Gasteiger charge is -2.25. The van der Waals surface area contributed by atoms with Gasteiger partial charge in [0.25, 0.3) is 0 Å². The van der Waals surface area contributed by atoms with E-state index in [0.29, 0.717) is 0 Å². The summed E-state index contributed by atoms with van der Waals surface area (Å²) < 4.78 is 2.47. The number of thiazole rings is 1. The van der Waals surface area contributed by atoms with Gasteiger partial charge < -0.3 is 5.32 Å². The van der Waals surface area contributed by atoms with E-state index in [9.17, 15) is 0 Å². The largest absolute Gasteiger partial charge is 0.365 e. The topological polar surface area (TPSA) is 28.2 Å². The number of anilines is 1. The first-order valence-corrected chi connectivity index (χ1v) is 8.67. The molecule has 1 aromatic heterocycles. The molecule has 0 unspecified atom stereocenters. The number of benzene rings is 1. The van der Waals surface area contributed by atoms with Crippen LogP contribution in [0.5, 0.6) is 0 Å². The van der Waals surface area contributed by atoms with Gasteiger partial charge >= 0.3 is 0 Å². The van der Waals surface area contributed by atoms with E-state index in [4.69, 9.17) is 0 Å². The smallest absolute Gasteiger partial charge is 0.182 e. The first kappa shape index (κ1) is 13.9. The molecule has 3 rings (SSSR count). The molecule has 0 atom stereocenters. The highest BCUT2D eigenvalue weighted by Gasteiger charge is 2.11. The highest BCUT2D eigenvalue weighted by atomic mass is 32.2. The van der Waals surface area contributed by atoms with Crippen LogP contribution in [-0.4, -0.2) is 29.4 Å². The average molecular weight is 305 g/mol. The minimum Gasteiger partial charge on any atom is -0.365 e. The summed E-state index contributed by atoms with van der Waals surface area (Å²) in [5.41, 5.74) is 2.24. The maximum atomic E-state index is 4.53. The molecule has 0 amide bonds. The molecule has 1 N–H and O–H groups in total. The van der Waals surface area contributed by atoms with E-state index in [1.807, 2.05) is 19.0 Å². The van der Waals surface area contributed by atoms with Gasteiger partial charge in [0.2, 0.25) is 0 Å². The van der Waals surface area contributed by atoms with Crippen molar-refractivity contribution < 1.29 is 0 Å². The van der Waals surface area contributed by atoms with Crippen molar-refractivity contribution >= 4 is 28.4 Å². The Balaban J connectivity index is 1.67. The summed E-state index contributed by atoms with van der Waals surface area (Å²) in [5, 5.41) is 6.14. The Morgan fingerprint density at radius 2 is 1.90 bits per heavy atom. The number of hydrogen-bond acceptors (Lipinski definition) is 5. The molecule has 0 spiro atoms. The van der Waals surface area contributed by atoms with Gasteiger partial charge in [-0.15, -0.1) is 11.3 Å². The van der Waals surface area contributed by atoms with Crippen molar-refractivity contribution in [2.45, 2.75) is 24.2 Å². The molecule has 0 bridgehead atoms. The van der Waals surface area contributed by atoms with Crippen LogP contribution in [0, 0.1) is 0 Å². The molecular weight excluding hydrogens is 286 g/mol. The number of aromatic nitrogens is 1. The third-order valence-corrected chi connectivity index (χ3v) is 5.38. The molecule has 1 saturated heterocycles. The van der Waals surface area contributed by atoms with Crippen molar-refractivity contribution in [3.05, 3.63) is 29.6 Å². The molecule has 1 aliphatic heterocycles. The van der Waals surface area contributed by atoms with Gasteiger partial charge in [0.15, 0.2) is 5.13 Å². The van der Waals surface area contributed by atoms with Gasteiger partial charge in [-0.1, -0.05) is 18.6 Å². The first-order valence-electron chi connectivity index (χ1n) is 7.02. The van der Waals surface area contributed by atoms with E-state index >= 15 is 0 Å². The van der Waals surface area contributed by atoms with Gasteiger partial charge in [-0.25, -0.2) is 9.29 Å². The molecule has 2 heterocycles. The zero-order valence-electron chi connectivity index (χ0n) is 11.6. The fraction of sp³-hybridized carbons (Fsp3) is 0.400. The Bertz CT molecular complexity index is 545. The molecule has 1 fully saturated rings. The predicted octanol–water partition coefficient (Wildman–Crippen LogP) is 4.34. The fourth-order valence-electron chi connectivity index (χ4n) is 2.31. The second-order valence-corrected chi connectivity index (χ2v) is 6.92. The molecule has 0 aliphatic carbocycles. The summed E-state index contributed by atoms with van der Waals surface area (Å²) in [7, 11) is 1.90. The van der Waals surface area contributed by atoms with Crippen LogP contribution >= 0.6 is 23.3 Å². The van der Waals surface area contributed by atoms with Crippen LogP contribution in [0.3, 0.4) is 0 Å². The number of hydrogen-bond donors (Lipinski definition) is 1. The van der Waals surface area contributed by atoms with Crippen LogP contribution in [0.1, 0.15) is 19.3 Å². The zero-order chi connectivity index (χ0) is 13.8. The molecule has 0 radical (unpaired) electrons. The van der Waals surface area contributed by atoms with Crippen LogP contribution in [0.4, 0.5) is 5.13 Å². The maximum absolute atomic E-state index is 4.53. The van der Waals surface area contributed by atoms with E-state index in [-0.39, 0.29) is 0 Å². The molecule has 1 aliphatic rings. The zero-order valence-corrected chi connectivity index (χ0v) is 13.3. The summed E-state index contributed by atoms with van der Waals surface area (Å²) in [6.45, 7) is 2.42. The second kappa shape index (κ2) is 6.61. The van der Waals surface area contributed by atoms with Gasteiger partial charge in [0.1, 0.15) is 0 Å². The van der Waals surface area contributed by atoms with E-state index in [1.165, 1.54) is 42.8 Å². The quantitative estimate of drug-likeness (QED) is 0.850. The number of piperidine rings is 1. The number of rotatable bonds is 4. The predicted molar refractivity (Wildman–Crippen MR) is 88.4 cm³/mol.